The molecule has 1 aliphatic heterocycles. The maximum Gasteiger partial charge on any atom is 0.205 e. The van der Waals surface area contributed by atoms with Gasteiger partial charge in [-0.05, 0) is 12.8 Å². The van der Waals surface area contributed by atoms with Crippen LogP contribution in [0.3, 0.4) is 0 Å². The van der Waals surface area contributed by atoms with Crippen LogP contribution in [0.4, 0.5) is 0 Å². The Morgan fingerprint density at radius 1 is 1.64 bits per heavy atom. The highest BCUT2D eigenvalue weighted by Gasteiger charge is 2.00. The first-order valence-corrected chi connectivity index (χ1v) is 4.20. The van der Waals surface area contributed by atoms with Gasteiger partial charge in [0.1, 0.15) is 0 Å². The minimum absolute atomic E-state index is 0.879. The van der Waals surface area contributed by atoms with Crippen molar-refractivity contribution in [3.05, 3.63) is 0 Å². The third-order valence-electron chi connectivity index (χ3n) is 1.48. The van der Waals surface area contributed by atoms with Gasteiger partial charge in [-0.15, -0.1) is 0 Å². The van der Waals surface area contributed by atoms with Crippen LogP contribution in [0.1, 0.15) is 19.8 Å². The standard InChI is InChI=1S/C7H16N4/c1-2-4-10-11-7-8-5-3-6-9-7/h10H,2-6H2,1H3,(H2,8,9,11). The molecule has 3 N–H and O–H groups in total. The van der Waals surface area contributed by atoms with Gasteiger partial charge in [0.25, 0.3) is 0 Å². The van der Waals surface area contributed by atoms with Crippen LogP contribution in [0, 0.1) is 0 Å². The van der Waals surface area contributed by atoms with Crippen LogP contribution in [0.2, 0.25) is 0 Å². The van der Waals surface area contributed by atoms with Crippen LogP contribution in [0.15, 0.2) is 4.99 Å². The fraction of sp³-hybridized carbons (Fsp3) is 0.857. The Kier molecular flexibility index (Phi) is 3.75. The lowest BCUT2D eigenvalue weighted by Crippen LogP contribution is -2.47. The minimum atomic E-state index is 0.879. The SMILES string of the molecule is CCCNNC1=NCCCN1. The molecule has 11 heavy (non-hydrogen) atoms. The molecule has 0 aliphatic carbocycles. The molecule has 4 nitrogen and oxygen atoms in total. The van der Waals surface area contributed by atoms with Crippen LogP contribution in [0.5, 0.6) is 0 Å². The zero-order valence-corrected chi connectivity index (χ0v) is 6.98. The molecule has 0 saturated carbocycles. The molecule has 0 amide bonds. The molecule has 64 valence electrons. The normalized spacial score (nSPS) is 17.0. The van der Waals surface area contributed by atoms with E-state index in [1.54, 1.807) is 0 Å². The number of hydrazine groups is 1. The first kappa shape index (κ1) is 8.33. The summed E-state index contributed by atoms with van der Waals surface area (Å²) < 4.78 is 0. The number of aliphatic imine (C=N–C) groups is 1. The summed E-state index contributed by atoms with van der Waals surface area (Å²) in [5.41, 5.74) is 6.07. The second-order valence-electron chi connectivity index (χ2n) is 2.56. The lowest BCUT2D eigenvalue weighted by molar-refractivity contribution is 0.604. The van der Waals surface area contributed by atoms with Crippen molar-refractivity contribution in [3.63, 3.8) is 0 Å². The molecule has 0 aromatic carbocycles. The number of guanidine groups is 1. The van der Waals surface area contributed by atoms with Gasteiger partial charge < -0.3 is 5.32 Å². The highest BCUT2D eigenvalue weighted by Crippen LogP contribution is 1.85. The zero-order chi connectivity index (χ0) is 7.94. The Hall–Kier alpha value is -0.770. The Labute approximate surface area is 67.4 Å². The van der Waals surface area contributed by atoms with Crippen LogP contribution < -0.4 is 16.2 Å². The molecule has 0 unspecified atom stereocenters. The van der Waals surface area contributed by atoms with E-state index >= 15 is 0 Å². The van der Waals surface area contributed by atoms with Crippen molar-refractivity contribution in [2.45, 2.75) is 19.8 Å². The van der Waals surface area contributed by atoms with Crippen molar-refractivity contribution in [3.8, 4) is 0 Å². The van der Waals surface area contributed by atoms with Crippen molar-refractivity contribution in [1.82, 2.24) is 16.2 Å². The number of nitrogens with zero attached hydrogens (tertiary/aromatic N) is 1. The Morgan fingerprint density at radius 3 is 3.18 bits per heavy atom. The smallest absolute Gasteiger partial charge is 0.205 e. The monoisotopic (exact) mass is 156 g/mol. The lowest BCUT2D eigenvalue weighted by atomic mass is 10.4. The highest BCUT2D eigenvalue weighted by atomic mass is 15.4. The number of rotatable bonds is 3. The Morgan fingerprint density at radius 2 is 2.55 bits per heavy atom. The average molecular weight is 156 g/mol. The van der Waals surface area contributed by atoms with E-state index in [2.05, 4.69) is 28.1 Å². The van der Waals surface area contributed by atoms with E-state index in [-0.39, 0.29) is 0 Å². The van der Waals surface area contributed by atoms with Gasteiger partial charge in [0.2, 0.25) is 5.96 Å². The van der Waals surface area contributed by atoms with Gasteiger partial charge in [0.05, 0.1) is 0 Å². The molecule has 0 aromatic rings. The molecule has 4 heteroatoms. The van der Waals surface area contributed by atoms with Crippen LogP contribution in [0.25, 0.3) is 0 Å². The Bertz CT molecular complexity index is 132. The summed E-state index contributed by atoms with van der Waals surface area (Å²) in [6, 6.07) is 0. The van der Waals surface area contributed by atoms with Crippen LogP contribution in [-0.4, -0.2) is 25.6 Å². The topological polar surface area (TPSA) is 48.5 Å². The van der Waals surface area contributed by atoms with Gasteiger partial charge in [-0.2, -0.15) is 0 Å². The first-order chi connectivity index (χ1) is 5.43. The van der Waals surface area contributed by atoms with Crippen LogP contribution in [-0.2, 0) is 0 Å². The van der Waals surface area contributed by atoms with E-state index in [0.29, 0.717) is 0 Å². The molecule has 0 radical (unpaired) electrons. The lowest BCUT2D eigenvalue weighted by Gasteiger charge is -2.15. The molecule has 0 bridgehead atoms. The summed E-state index contributed by atoms with van der Waals surface area (Å²) in [6.45, 7) is 5.06. The summed E-state index contributed by atoms with van der Waals surface area (Å²) in [4.78, 5) is 4.23. The van der Waals surface area contributed by atoms with Crippen molar-refractivity contribution in [2.24, 2.45) is 4.99 Å². The second-order valence-corrected chi connectivity index (χ2v) is 2.56. The molecule has 0 atom stereocenters. The summed E-state index contributed by atoms with van der Waals surface area (Å²) in [7, 11) is 0. The summed E-state index contributed by atoms with van der Waals surface area (Å²) in [5.74, 6) is 0.879. The molecule has 0 aromatic heterocycles. The fourth-order valence-corrected chi connectivity index (χ4v) is 0.888. The maximum atomic E-state index is 4.23. The highest BCUT2D eigenvalue weighted by molar-refractivity contribution is 5.79. The second kappa shape index (κ2) is 4.96. The first-order valence-electron chi connectivity index (χ1n) is 4.20. The largest absolute Gasteiger partial charge is 0.355 e. The van der Waals surface area contributed by atoms with E-state index < -0.39 is 0 Å². The molecule has 1 aliphatic rings. The minimum Gasteiger partial charge on any atom is -0.355 e. The number of hydrogen-bond donors (Lipinski definition) is 3. The van der Waals surface area contributed by atoms with Gasteiger partial charge in [0, 0.05) is 19.6 Å². The molecule has 1 rings (SSSR count). The molecule has 1 heterocycles. The molecular formula is C7H16N4. The zero-order valence-electron chi connectivity index (χ0n) is 6.98. The summed E-state index contributed by atoms with van der Waals surface area (Å²) >= 11 is 0. The average Bonchev–Trinajstić information content (AvgIpc) is 2.07. The van der Waals surface area contributed by atoms with E-state index in [4.69, 9.17) is 0 Å². The molecule has 0 fully saturated rings. The summed E-state index contributed by atoms with van der Waals surface area (Å²) in [6.07, 6.45) is 2.26. The molecular weight excluding hydrogens is 140 g/mol. The van der Waals surface area contributed by atoms with Gasteiger partial charge in [-0.1, -0.05) is 6.92 Å². The van der Waals surface area contributed by atoms with E-state index in [0.717, 1.165) is 38.4 Å². The van der Waals surface area contributed by atoms with Gasteiger partial charge in [-0.3, -0.25) is 10.4 Å². The molecule has 0 saturated heterocycles. The predicted octanol–water partition coefficient (Wildman–Crippen LogP) is -0.160. The van der Waals surface area contributed by atoms with E-state index in [1.807, 2.05) is 0 Å². The van der Waals surface area contributed by atoms with Crippen LogP contribution >= 0.6 is 0 Å². The quantitative estimate of drug-likeness (QED) is 0.393. The van der Waals surface area contributed by atoms with Crippen molar-refractivity contribution in [2.75, 3.05) is 19.6 Å². The van der Waals surface area contributed by atoms with E-state index in [9.17, 15) is 0 Å². The van der Waals surface area contributed by atoms with Gasteiger partial charge in [-0.25, -0.2) is 5.43 Å². The third-order valence-corrected chi connectivity index (χ3v) is 1.48. The van der Waals surface area contributed by atoms with Gasteiger partial charge >= 0.3 is 0 Å². The third kappa shape index (κ3) is 3.23. The van der Waals surface area contributed by atoms with Crippen molar-refractivity contribution in [1.29, 1.82) is 0 Å². The van der Waals surface area contributed by atoms with Gasteiger partial charge in [0.15, 0.2) is 0 Å². The summed E-state index contributed by atoms with van der Waals surface area (Å²) in [5, 5.41) is 3.15. The van der Waals surface area contributed by atoms with Crippen molar-refractivity contribution < 1.29 is 0 Å². The van der Waals surface area contributed by atoms with Crippen molar-refractivity contribution >= 4 is 5.96 Å². The van der Waals surface area contributed by atoms with E-state index in [1.165, 1.54) is 0 Å². The maximum absolute atomic E-state index is 4.23. The number of hydrogen-bond acceptors (Lipinski definition) is 4. The Balaban J connectivity index is 2.09. The molecule has 0 spiro atoms. The number of nitrogens with one attached hydrogen (secondary N) is 3. The predicted molar refractivity (Wildman–Crippen MR) is 46.4 cm³/mol. The fourth-order valence-electron chi connectivity index (χ4n) is 0.888.